The molecule has 100 valence electrons. The molecular formula is C14H21BrN2O. The minimum atomic E-state index is 0.251. The van der Waals surface area contributed by atoms with Gasteiger partial charge < -0.3 is 15.7 Å². The standard InChI is InChI=1S/C14H21BrN2O/c15-12-7-11(10-16)8-14(9-12)17(5-2-6-18)13-3-1-4-13/h7-9,13,18H,1-6,10,16H2. The Morgan fingerprint density at radius 3 is 2.67 bits per heavy atom. The van der Waals surface area contributed by atoms with E-state index in [0.29, 0.717) is 12.6 Å². The summed E-state index contributed by atoms with van der Waals surface area (Å²) >= 11 is 3.55. The van der Waals surface area contributed by atoms with Crippen LogP contribution in [0, 0.1) is 0 Å². The molecule has 3 nitrogen and oxygen atoms in total. The number of anilines is 1. The fraction of sp³-hybridized carbons (Fsp3) is 0.571. The number of hydrogen-bond donors (Lipinski definition) is 2. The highest BCUT2D eigenvalue weighted by Gasteiger charge is 2.25. The molecule has 1 fully saturated rings. The quantitative estimate of drug-likeness (QED) is 0.849. The summed E-state index contributed by atoms with van der Waals surface area (Å²) in [6, 6.07) is 7.01. The molecule has 18 heavy (non-hydrogen) atoms. The normalized spacial score (nSPS) is 15.5. The number of rotatable bonds is 6. The Kier molecular flexibility index (Phi) is 5.03. The lowest BCUT2D eigenvalue weighted by Gasteiger charge is -2.39. The molecule has 0 aromatic heterocycles. The number of aliphatic hydroxyl groups is 1. The summed E-state index contributed by atoms with van der Waals surface area (Å²) in [5.41, 5.74) is 8.10. The van der Waals surface area contributed by atoms with Gasteiger partial charge in [0.05, 0.1) is 0 Å². The van der Waals surface area contributed by atoms with Gasteiger partial charge in [-0.05, 0) is 49.4 Å². The van der Waals surface area contributed by atoms with E-state index in [9.17, 15) is 0 Å². The van der Waals surface area contributed by atoms with Crippen molar-refractivity contribution in [3.8, 4) is 0 Å². The van der Waals surface area contributed by atoms with Crippen LogP contribution in [0.25, 0.3) is 0 Å². The lowest BCUT2D eigenvalue weighted by atomic mass is 9.90. The van der Waals surface area contributed by atoms with E-state index >= 15 is 0 Å². The maximum absolute atomic E-state index is 9.03. The average molecular weight is 313 g/mol. The Morgan fingerprint density at radius 1 is 1.33 bits per heavy atom. The first kappa shape index (κ1) is 13.8. The van der Waals surface area contributed by atoms with Crippen LogP contribution in [0.15, 0.2) is 22.7 Å². The van der Waals surface area contributed by atoms with Crippen LogP contribution in [0.4, 0.5) is 5.69 Å². The van der Waals surface area contributed by atoms with Crippen molar-refractivity contribution in [3.05, 3.63) is 28.2 Å². The number of hydrogen-bond acceptors (Lipinski definition) is 3. The summed E-state index contributed by atoms with van der Waals surface area (Å²) in [5.74, 6) is 0. The summed E-state index contributed by atoms with van der Waals surface area (Å²) in [6.45, 7) is 1.73. The fourth-order valence-corrected chi connectivity index (χ4v) is 2.91. The second-order valence-electron chi connectivity index (χ2n) is 4.88. The molecule has 0 unspecified atom stereocenters. The molecule has 0 heterocycles. The van der Waals surface area contributed by atoms with Crippen LogP contribution in [0.2, 0.25) is 0 Å². The van der Waals surface area contributed by atoms with E-state index in [1.807, 2.05) is 0 Å². The van der Waals surface area contributed by atoms with Crippen LogP contribution in [-0.2, 0) is 6.54 Å². The topological polar surface area (TPSA) is 49.5 Å². The summed E-state index contributed by atoms with van der Waals surface area (Å²) in [4.78, 5) is 2.42. The van der Waals surface area contributed by atoms with E-state index in [2.05, 4.69) is 39.0 Å². The van der Waals surface area contributed by atoms with Crippen molar-refractivity contribution in [2.24, 2.45) is 5.73 Å². The van der Waals surface area contributed by atoms with E-state index in [1.54, 1.807) is 0 Å². The first-order valence-electron chi connectivity index (χ1n) is 6.61. The van der Waals surface area contributed by atoms with E-state index in [4.69, 9.17) is 10.8 Å². The molecule has 0 saturated heterocycles. The predicted molar refractivity (Wildman–Crippen MR) is 78.7 cm³/mol. The third kappa shape index (κ3) is 3.25. The monoisotopic (exact) mass is 312 g/mol. The van der Waals surface area contributed by atoms with Gasteiger partial charge in [-0.25, -0.2) is 0 Å². The van der Waals surface area contributed by atoms with E-state index in [1.165, 1.54) is 24.9 Å². The number of aliphatic hydroxyl groups excluding tert-OH is 1. The highest BCUT2D eigenvalue weighted by Crippen LogP contribution is 2.32. The Morgan fingerprint density at radius 2 is 2.11 bits per heavy atom. The van der Waals surface area contributed by atoms with Crippen molar-refractivity contribution in [1.82, 2.24) is 0 Å². The molecule has 3 N–H and O–H groups in total. The average Bonchev–Trinajstić information content (AvgIpc) is 2.31. The number of benzene rings is 1. The van der Waals surface area contributed by atoms with Crippen molar-refractivity contribution in [2.75, 3.05) is 18.1 Å². The highest BCUT2D eigenvalue weighted by molar-refractivity contribution is 9.10. The Labute approximate surface area is 117 Å². The maximum atomic E-state index is 9.03. The first-order chi connectivity index (χ1) is 8.74. The molecule has 0 atom stereocenters. The predicted octanol–water partition coefficient (Wildman–Crippen LogP) is 2.65. The van der Waals surface area contributed by atoms with Gasteiger partial charge in [0.1, 0.15) is 0 Å². The van der Waals surface area contributed by atoms with Crippen LogP contribution >= 0.6 is 15.9 Å². The zero-order chi connectivity index (χ0) is 13.0. The molecule has 4 heteroatoms. The lowest BCUT2D eigenvalue weighted by molar-refractivity contribution is 0.283. The molecule has 1 aliphatic rings. The van der Waals surface area contributed by atoms with Gasteiger partial charge in [0.2, 0.25) is 0 Å². The van der Waals surface area contributed by atoms with Crippen molar-refractivity contribution in [1.29, 1.82) is 0 Å². The van der Waals surface area contributed by atoms with Crippen molar-refractivity contribution < 1.29 is 5.11 Å². The molecule has 1 aromatic rings. The maximum Gasteiger partial charge on any atom is 0.0447 e. The Bertz CT molecular complexity index is 393. The molecule has 1 aliphatic carbocycles. The van der Waals surface area contributed by atoms with Crippen LogP contribution in [0.5, 0.6) is 0 Å². The van der Waals surface area contributed by atoms with Gasteiger partial charge in [-0.15, -0.1) is 0 Å². The largest absolute Gasteiger partial charge is 0.396 e. The molecule has 0 spiro atoms. The third-order valence-electron chi connectivity index (χ3n) is 3.58. The first-order valence-corrected chi connectivity index (χ1v) is 7.41. The third-order valence-corrected chi connectivity index (χ3v) is 4.04. The lowest BCUT2D eigenvalue weighted by Crippen LogP contribution is -2.41. The molecule has 0 bridgehead atoms. The molecule has 1 aromatic carbocycles. The van der Waals surface area contributed by atoms with Crippen LogP contribution in [0.3, 0.4) is 0 Å². The van der Waals surface area contributed by atoms with Gasteiger partial charge in [0.25, 0.3) is 0 Å². The minimum absolute atomic E-state index is 0.251. The van der Waals surface area contributed by atoms with Gasteiger partial charge >= 0.3 is 0 Å². The van der Waals surface area contributed by atoms with Crippen LogP contribution < -0.4 is 10.6 Å². The van der Waals surface area contributed by atoms with Crippen LogP contribution in [-0.4, -0.2) is 24.3 Å². The summed E-state index contributed by atoms with van der Waals surface area (Å²) in [5, 5.41) is 9.03. The smallest absolute Gasteiger partial charge is 0.0447 e. The molecule has 2 rings (SSSR count). The number of nitrogens with zero attached hydrogens (tertiary/aromatic N) is 1. The van der Waals surface area contributed by atoms with Gasteiger partial charge in [-0.2, -0.15) is 0 Å². The second kappa shape index (κ2) is 6.55. The minimum Gasteiger partial charge on any atom is -0.396 e. The summed E-state index contributed by atoms with van der Waals surface area (Å²) in [7, 11) is 0. The zero-order valence-electron chi connectivity index (χ0n) is 10.6. The molecule has 1 saturated carbocycles. The second-order valence-corrected chi connectivity index (χ2v) is 5.79. The van der Waals surface area contributed by atoms with Crippen molar-refractivity contribution >= 4 is 21.6 Å². The van der Waals surface area contributed by atoms with E-state index in [0.717, 1.165) is 23.0 Å². The highest BCUT2D eigenvalue weighted by atomic mass is 79.9. The molecule has 0 amide bonds. The van der Waals surface area contributed by atoms with Gasteiger partial charge in [0, 0.05) is 35.9 Å². The van der Waals surface area contributed by atoms with Crippen LogP contribution in [0.1, 0.15) is 31.2 Å². The van der Waals surface area contributed by atoms with Crippen molar-refractivity contribution in [2.45, 2.75) is 38.3 Å². The Balaban J connectivity index is 2.19. The number of nitrogens with two attached hydrogens (primary N) is 1. The molecule has 0 aliphatic heterocycles. The molecular weight excluding hydrogens is 292 g/mol. The summed E-state index contributed by atoms with van der Waals surface area (Å²) in [6.07, 6.45) is 4.66. The summed E-state index contributed by atoms with van der Waals surface area (Å²) < 4.78 is 1.08. The van der Waals surface area contributed by atoms with E-state index in [-0.39, 0.29) is 6.61 Å². The number of halogens is 1. The van der Waals surface area contributed by atoms with Gasteiger partial charge in [0.15, 0.2) is 0 Å². The zero-order valence-corrected chi connectivity index (χ0v) is 12.2. The fourth-order valence-electron chi connectivity index (χ4n) is 2.38. The van der Waals surface area contributed by atoms with E-state index < -0.39 is 0 Å². The van der Waals surface area contributed by atoms with Crippen molar-refractivity contribution in [3.63, 3.8) is 0 Å². The Hall–Kier alpha value is -0.580. The van der Waals surface area contributed by atoms with Gasteiger partial charge in [-0.1, -0.05) is 15.9 Å². The van der Waals surface area contributed by atoms with Gasteiger partial charge in [-0.3, -0.25) is 0 Å². The molecule has 0 radical (unpaired) electrons. The SMILES string of the molecule is NCc1cc(Br)cc(N(CCCO)C2CCC2)c1.